The monoisotopic (exact) mass is 379 g/mol. The van der Waals surface area contributed by atoms with Gasteiger partial charge in [-0.1, -0.05) is 12.1 Å². The summed E-state index contributed by atoms with van der Waals surface area (Å²) in [6.45, 7) is 7.75. The van der Waals surface area contributed by atoms with Crippen molar-refractivity contribution in [3.05, 3.63) is 65.1 Å². The van der Waals surface area contributed by atoms with Crippen molar-refractivity contribution in [3.63, 3.8) is 0 Å². The molecule has 0 bridgehead atoms. The number of aromatic nitrogens is 2. The summed E-state index contributed by atoms with van der Waals surface area (Å²) in [4.78, 5) is 32.6. The highest BCUT2D eigenvalue weighted by atomic mass is 16.6. The number of rotatable bonds is 5. The fourth-order valence-corrected chi connectivity index (χ4v) is 3.00. The summed E-state index contributed by atoms with van der Waals surface area (Å²) in [5, 5.41) is 3.82. The van der Waals surface area contributed by atoms with Crippen LogP contribution in [-0.2, 0) is 11.2 Å². The van der Waals surface area contributed by atoms with Gasteiger partial charge in [-0.25, -0.2) is 9.78 Å². The molecule has 0 aliphatic carbocycles. The van der Waals surface area contributed by atoms with Crippen molar-refractivity contribution in [1.82, 2.24) is 15.3 Å². The van der Waals surface area contributed by atoms with Crippen molar-refractivity contribution in [1.29, 1.82) is 0 Å². The summed E-state index contributed by atoms with van der Waals surface area (Å²) in [5.41, 5.74) is 2.64. The van der Waals surface area contributed by atoms with Gasteiger partial charge in [-0.3, -0.25) is 4.79 Å². The Balaban J connectivity index is 2.00. The molecule has 1 amide bonds. The Hall–Kier alpha value is -3.15. The third kappa shape index (κ3) is 4.57. The number of carbonyl (C=O) groups excluding carboxylic acids is 2. The van der Waals surface area contributed by atoms with Gasteiger partial charge in [0.05, 0.1) is 5.56 Å². The second-order valence-electron chi connectivity index (χ2n) is 7.63. The van der Waals surface area contributed by atoms with E-state index >= 15 is 0 Å². The number of ether oxygens (including phenoxy) is 1. The second-order valence-corrected chi connectivity index (χ2v) is 7.63. The van der Waals surface area contributed by atoms with Crippen molar-refractivity contribution >= 4 is 22.8 Å². The molecular formula is C22H25N3O3. The van der Waals surface area contributed by atoms with Crippen LogP contribution in [-0.4, -0.2) is 34.0 Å². The Morgan fingerprint density at radius 1 is 1.18 bits per heavy atom. The predicted octanol–water partition coefficient (Wildman–Crippen LogP) is 3.86. The molecule has 146 valence electrons. The van der Waals surface area contributed by atoms with Crippen LogP contribution in [0.2, 0.25) is 0 Å². The average molecular weight is 379 g/mol. The summed E-state index contributed by atoms with van der Waals surface area (Å²) in [6, 6.07) is 11.2. The quantitative estimate of drug-likeness (QED) is 0.660. The standard InChI is InChI=1S/C22H25N3O3/c1-5-23-20(26)19-13-15(21(27)28-22(2,3)4)12-16(25-19)11-14-7-6-8-18-17(14)9-10-24-18/h6-10,12-13,24H,5,11H2,1-4H3,(H,23,26). The van der Waals surface area contributed by atoms with Gasteiger partial charge in [0.2, 0.25) is 0 Å². The van der Waals surface area contributed by atoms with Gasteiger partial charge in [0, 0.05) is 35.8 Å². The number of fused-ring (bicyclic) bond motifs is 1. The van der Waals surface area contributed by atoms with E-state index in [2.05, 4.69) is 15.3 Å². The molecule has 0 fully saturated rings. The van der Waals surface area contributed by atoms with Crippen LogP contribution < -0.4 is 5.32 Å². The van der Waals surface area contributed by atoms with Crippen LogP contribution in [0.4, 0.5) is 0 Å². The van der Waals surface area contributed by atoms with Gasteiger partial charge < -0.3 is 15.0 Å². The van der Waals surface area contributed by atoms with E-state index < -0.39 is 11.6 Å². The Morgan fingerprint density at radius 2 is 1.96 bits per heavy atom. The summed E-state index contributed by atoms with van der Waals surface area (Å²) < 4.78 is 5.48. The molecule has 3 aromatic rings. The molecule has 2 N–H and O–H groups in total. The Bertz CT molecular complexity index is 1020. The first-order valence-electron chi connectivity index (χ1n) is 9.34. The molecule has 0 spiro atoms. The summed E-state index contributed by atoms with van der Waals surface area (Å²) in [6.07, 6.45) is 2.39. The lowest BCUT2D eigenvalue weighted by molar-refractivity contribution is 0.00692. The van der Waals surface area contributed by atoms with Gasteiger partial charge in [0.1, 0.15) is 11.3 Å². The molecule has 6 nitrogen and oxygen atoms in total. The zero-order valence-corrected chi connectivity index (χ0v) is 16.6. The first kappa shape index (κ1) is 19.6. The highest BCUT2D eigenvalue weighted by Crippen LogP contribution is 2.21. The van der Waals surface area contributed by atoms with Crippen molar-refractivity contribution < 1.29 is 14.3 Å². The van der Waals surface area contributed by atoms with Crippen LogP contribution in [0.25, 0.3) is 10.9 Å². The zero-order valence-electron chi connectivity index (χ0n) is 16.6. The van der Waals surface area contributed by atoms with E-state index in [0.29, 0.717) is 24.2 Å². The minimum atomic E-state index is -0.622. The SMILES string of the molecule is CCNC(=O)c1cc(C(=O)OC(C)(C)C)cc(Cc2cccc3[nH]ccc23)n1. The molecular weight excluding hydrogens is 354 g/mol. The molecule has 2 heterocycles. The largest absolute Gasteiger partial charge is 0.456 e. The van der Waals surface area contributed by atoms with Crippen LogP contribution in [0.1, 0.15) is 59.8 Å². The fourth-order valence-electron chi connectivity index (χ4n) is 3.00. The number of carbonyl (C=O) groups is 2. The van der Waals surface area contributed by atoms with Gasteiger partial charge in [0.25, 0.3) is 5.91 Å². The lowest BCUT2D eigenvalue weighted by Crippen LogP contribution is -2.26. The molecule has 28 heavy (non-hydrogen) atoms. The Kier molecular flexibility index (Phi) is 5.49. The van der Waals surface area contributed by atoms with Crippen LogP contribution in [0.15, 0.2) is 42.6 Å². The molecule has 0 atom stereocenters. The van der Waals surface area contributed by atoms with E-state index in [9.17, 15) is 9.59 Å². The molecule has 0 saturated carbocycles. The molecule has 1 aromatic carbocycles. The third-order valence-electron chi connectivity index (χ3n) is 4.14. The Morgan fingerprint density at radius 3 is 2.68 bits per heavy atom. The van der Waals surface area contributed by atoms with Gasteiger partial charge in [-0.15, -0.1) is 0 Å². The number of hydrogen-bond acceptors (Lipinski definition) is 4. The topological polar surface area (TPSA) is 84.1 Å². The summed E-state index contributed by atoms with van der Waals surface area (Å²) in [5.74, 6) is -0.782. The van der Waals surface area contributed by atoms with E-state index in [1.165, 1.54) is 6.07 Å². The van der Waals surface area contributed by atoms with Crippen molar-refractivity contribution in [3.8, 4) is 0 Å². The predicted molar refractivity (Wildman–Crippen MR) is 109 cm³/mol. The van der Waals surface area contributed by atoms with Gasteiger partial charge in [-0.05, 0) is 57.5 Å². The molecule has 0 aliphatic rings. The van der Waals surface area contributed by atoms with Gasteiger partial charge in [0.15, 0.2) is 0 Å². The lowest BCUT2D eigenvalue weighted by atomic mass is 10.0. The average Bonchev–Trinajstić information content (AvgIpc) is 3.10. The highest BCUT2D eigenvalue weighted by Gasteiger charge is 2.21. The number of nitrogens with zero attached hydrogens (tertiary/aromatic N) is 1. The molecule has 0 saturated heterocycles. The normalized spacial score (nSPS) is 11.4. The number of nitrogens with one attached hydrogen (secondary N) is 2. The molecule has 0 aliphatic heterocycles. The second kappa shape index (κ2) is 7.84. The minimum Gasteiger partial charge on any atom is -0.456 e. The summed E-state index contributed by atoms with van der Waals surface area (Å²) in [7, 11) is 0. The molecule has 3 rings (SSSR count). The first-order valence-corrected chi connectivity index (χ1v) is 9.34. The van der Waals surface area contributed by atoms with Crippen molar-refractivity contribution in [2.24, 2.45) is 0 Å². The first-order chi connectivity index (χ1) is 13.3. The van der Waals surface area contributed by atoms with Gasteiger partial charge in [-0.2, -0.15) is 0 Å². The number of esters is 1. The maximum Gasteiger partial charge on any atom is 0.338 e. The van der Waals surface area contributed by atoms with E-state index in [1.54, 1.807) is 6.07 Å². The third-order valence-corrected chi connectivity index (χ3v) is 4.14. The fraction of sp³-hybridized carbons (Fsp3) is 0.318. The van der Waals surface area contributed by atoms with E-state index in [4.69, 9.17) is 4.74 Å². The van der Waals surface area contributed by atoms with E-state index in [-0.39, 0.29) is 11.6 Å². The maximum atomic E-state index is 12.6. The zero-order chi connectivity index (χ0) is 20.3. The number of amides is 1. The summed E-state index contributed by atoms with van der Waals surface area (Å²) >= 11 is 0. The minimum absolute atomic E-state index is 0.210. The van der Waals surface area contributed by atoms with E-state index in [0.717, 1.165) is 16.5 Å². The van der Waals surface area contributed by atoms with Crippen LogP contribution >= 0.6 is 0 Å². The smallest absolute Gasteiger partial charge is 0.338 e. The number of hydrogen-bond donors (Lipinski definition) is 2. The number of H-pyrrole nitrogens is 1. The van der Waals surface area contributed by atoms with E-state index in [1.807, 2.05) is 58.2 Å². The molecule has 2 aromatic heterocycles. The van der Waals surface area contributed by atoms with Crippen LogP contribution in [0, 0.1) is 0 Å². The molecule has 6 heteroatoms. The van der Waals surface area contributed by atoms with Crippen LogP contribution in [0.5, 0.6) is 0 Å². The Labute approximate surface area is 164 Å². The highest BCUT2D eigenvalue weighted by molar-refractivity contribution is 5.96. The van der Waals surface area contributed by atoms with Crippen LogP contribution in [0.3, 0.4) is 0 Å². The lowest BCUT2D eigenvalue weighted by Gasteiger charge is -2.20. The van der Waals surface area contributed by atoms with Crippen molar-refractivity contribution in [2.75, 3.05) is 6.54 Å². The van der Waals surface area contributed by atoms with Gasteiger partial charge >= 0.3 is 5.97 Å². The number of benzene rings is 1. The number of aromatic amines is 1. The molecule has 0 unspecified atom stereocenters. The maximum absolute atomic E-state index is 12.6. The van der Waals surface area contributed by atoms with Crippen molar-refractivity contribution in [2.45, 2.75) is 39.7 Å². The number of pyridine rings is 1. The molecule has 0 radical (unpaired) electrons.